The summed E-state index contributed by atoms with van der Waals surface area (Å²) < 4.78 is 0. The molecule has 0 saturated heterocycles. The minimum absolute atomic E-state index is 0.0381. The Morgan fingerprint density at radius 1 is 1.16 bits per heavy atom. The highest BCUT2D eigenvalue weighted by Gasteiger charge is 2.26. The number of urea groups is 1. The highest BCUT2D eigenvalue weighted by molar-refractivity contribution is 6.58. The molecule has 11 nitrogen and oxygen atoms in total. The molecule has 182 valence electrons. The maximum Gasteiger partial charge on any atom is 0.508 e. The first-order valence-corrected chi connectivity index (χ1v) is 11.1. The minimum Gasteiger partial charge on any atom is -0.422 e. The van der Waals surface area contributed by atoms with Crippen LogP contribution in [-0.2, 0) is 6.42 Å². The van der Waals surface area contributed by atoms with Gasteiger partial charge in [0.25, 0.3) is 5.56 Å². The van der Waals surface area contributed by atoms with Gasteiger partial charge in [-0.15, -0.1) is 0 Å². The summed E-state index contributed by atoms with van der Waals surface area (Å²) in [6.07, 6.45) is 5.31. The maximum absolute atomic E-state index is 12.2. The fourth-order valence-electron chi connectivity index (χ4n) is 4.06. The van der Waals surface area contributed by atoms with Crippen LogP contribution in [0.2, 0.25) is 0 Å². The van der Waals surface area contributed by atoms with Gasteiger partial charge >= 0.3 is 13.1 Å². The molecule has 0 aliphatic rings. The molecule has 1 aromatic heterocycles. The molecule has 2 unspecified atom stereocenters. The third kappa shape index (κ3) is 9.98. The van der Waals surface area contributed by atoms with Crippen LogP contribution in [0.25, 0.3) is 0 Å². The van der Waals surface area contributed by atoms with Gasteiger partial charge < -0.3 is 32.0 Å². The van der Waals surface area contributed by atoms with Crippen LogP contribution in [0.1, 0.15) is 64.9 Å². The summed E-state index contributed by atoms with van der Waals surface area (Å²) in [4.78, 5) is 29.4. The van der Waals surface area contributed by atoms with Crippen molar-refractivity contribution in [3.8, 4) is 0 Å². The van der Waals surface area contributed by atoms with Gasteiger partial charge in [0.05, 0.1) is 5.59 Å². The number of aromatic nitrogens is 2. The zero-order valence-electron chi connectivity index (χ0n) is 19.4. The molecule has 2 amide bonds. The van der Waals surface area contributed by atoms with Crippen LogP contribution >= 0.6 is 0 Å². The number of hydrogen-bond acceptors (Lipinski definition) is 8. The van der Waals surface area contributed by atoms with Gasteiger partial charge in [-0.2, -0.15) is 0 Å². The predicted octanol–water partition coefficient (Wildman–Crippen LogP) is -0.159. The van der Waals surface area contributed by atoms with E-state index in [1.807, 2.05) is 0 Å². The van der Waals surface area contributed by atoms with Crippen LogP contribution in [0.5, 0.6) is 0 Å². The van der Waals surface area contributed by atoms with Crippen LogP contribution in [0, 0.1) is 17.3 Å². The van der Waals surface area contributed by atoms with Crippen molar-refractivity contribution >= 4 is 24.7 Å². The Kier molecular flexibility index (Phi) is 11.7. The Hall–Kier alpha value is -2.15. The fraction of sp³-hybridized carbons (Fsp3) is 0.750. The van der Waals surface area contributed by atoms with Crippen molar-refractivity contribution < 1.29 is 20.0 Å². The lowest BCUT2D eigenvalue weighted by atomic mass is 9.73. The zero-order valence-corrected chi connectivity index (χ0v) is 19.4. The van der Waals surface area contributed by atoms with Crippen molar-refractivity contribution in [2.24, 2.45) is 23.0 Å². The second-order valence-electron chi connectivity index (χ2n) is 9.36. The molecule has 12 heteroatoms. The molecular formula is C20H39BN6O5. The number of primary amides is 1. The number of carbonyl (C=O) groups excluding carboxylic acids is 1. The first kappa shape index (κ1) is 27.9. The molecule has 0 aromatic carbocycles. The Balaban J connectivity index is 2.75. The summed E-state index contributed by atoms with van der Waals surface area (Å²) in [6, 6.07) is -0.545. The quantitative estimate of drug-likeness (QED) is 0.140. The van der Waals surface area contributed by atoms with Crippen LogP contribution in [-0.4, -0.2) is 51.5 Å². The molecule has 1 heterocycles. The maximum atomic E-state index is 12.2. The van der Waals surface area contributed by atoms with E-state index >= 15 is 0 Å². The summed E-state index contributed by atoms with van der Waals surface area (Å²) in [6.45, 7) is 7.50. The normalized spacial score (nSPS) is 13.6. The molecule has 0 aliphatic carbocycles. The summed E-state index contributed by atoms with van der Waals surface area (Å²) in [5.74, 6) is 0.523. The molecule has 0 radical (unpaired) electrons. The van der Waals surface area contributed by atoms with E-state index in [0.717, 1.165) is 32.1 Å². The van der Waals surface area contributed by atoms with Gasteiger partial charge in [-0.25, -0.2) is 15.3 Å². The number of carbonyl (C=O) groups is 1. The number of amides is 2. The van der Waals surface area contributed by atoms with E-state index in [4.69, 9.17) is 16.7 Å². The Morgan fingerprint density at radius 3 is 2.38 bits per heavy atom. The lowest BCUT2D eigenvalue weighted by Gasteiger charge is -2.32. The highest BCUT2D eigenvalue weighted by Crippen LogP contribution is 2.35. The Labute approximate surface area is 189 Å². The van der Waals surface area contributed by atoms with Crippen molar-refractivity contribution in [1.29, 1.82) is 0 Å². The summed E-state index contributed by atoms with van der Waals surface area (Å²) >= 11 is 0. The second kappa shape index (κ2) is 13.4. The first-order valence-electron chi connectivity index (χ1n) is 11.1. The van der Waals surface area contributed by atoms with Crippen molar-refractivity contribution in [3.63, 3.8) is 0 Å². The SMILES string of the molecule is CC(C)(C)C(CCCc1c(B(O)O)nc(N)[nH]c1=O)CCC(CCNO)CCNC(N)=O. The average Bonchev–Trinajstić information content (AvgIpc) is 2.67. The van der Waals surface area contributed by atoms with Gasteiger partial charge in [0.15, 0.2) is 5.95 Å². The van der Waals surface area contributed by atoms with Gasteiger partial charge in [0, 0.05) is 18.7 Å². The number of hydroxylamine groups is 1. The van der Waals surface area contributed by atoms with Crippen LogP contribution in [0.4, 0.5) is 10.7 Å². The number of H-pyrrole nitrogens is 1. The molecular weight excluding hydrogens is 415 g/mol. The number of nitrogens with one attached hydrogen (secondary N) is 3. The number of hydrogen-bond donors (Lipinski definition) is 8. The second-order valence-corrected chi connectivity index (χ2v) is 9.36. The largest absolute Gasteiger partial charge is 0.508 e. The van der Waals surface area contributed by atoms with Crippen molar-refractivity contribution in [3.05, 3.63) is 15.9 Å². The molecule has 0 spiro atoms. The monoisotopic (exact) mass is 454 g/mol. The predicted molar refractivity (Wildman–Crippen MR) is 124 cm³/mol. The van der Waals surface area contributed by atoms with Crippen LogP contribution in [0.3, 0.4) is 0 Å². The lowest BCUT2D eigenvalue weighted by molar-refractivity contribution is 0.151. The standard InChI is InChI=1S/C20H39BN6O5/c1-20(2,3)14(8-7-13(10-12-25-32)9-11-24-19(23)29)5-4-6-15-16(21(30)31)26-18(22)27-17(15)28/h13-14,25,30-32H,4-12H2,1-3H3,(H3,23,24,29)(H3,22,26,27,28). The molecule has 0 aliphatic heterocycles. The molecule has 0 saturated carbocycles. The third-order valence-corrected chi connectivity index (χ3v) is 5.95. The molecule has 1 rings (SSSR count). The minimum atomic E-state index is -1.86. The third-order valence-electron chi connectivity index (χ3n) is 5.95. The first-order chi connectivity index (χ1) is 15.0. The number of nitrogen functional groups attached to an aromatic ring is 1. The molecule has 0 fully saturated rings. The summed E-state index contributed by atoms with van der Waals surface area (Å²) in [5.41, 5.74) is 12.6. The van der Waals surface area contributed by atoms with Crippen LogP contribution < -0.4 is 33.4 Å². The Bertz CT molecular complexity index is 768. The van der Waals surface area contributed by atoms with E-state index < -0.39 is 18.7 Å². The number of nitrogens with two attached hydrogens (primary N) is 2. The van der Waals surface area contributed by atoms with E-state index in [1.54, 1.807) is 0 Å². The molecule has 10 N–H and O–H groups in total. The van der Waals surface area contributed by atoms with E-state index in [-0.39, 0.29) is 22.5 Å². The zero-order chi connectivity index (χ0) is 24.3. The Morgan fingerprint density at radius 2 is 1.81 bits per heavy atom. The van der Waals surface area contributed by atoms with E-state index in [1.165, 1.54) is 0 Å². The van der Waals surface area contributed by atoms with E-state index in [9.17, 15) is 19.6 Å². The number of rotatable bonds is 14. The van der Waals surface area contributed by atoms with Gasteiger partial charge in [-0.05, 0) is 55.8 Å². The van der Waals surface area contributed by atoms with Gasteiger partial charge in [0.1, 0.15) is 0 Å². The van der Waals surface area contributed by atoms with Crippen molar-refractivity contribution in [1.82, 2.24) is 20.8 Å². The van der Waals surface area contributed by atoms with E-state index in [0.29, 0.717) is 37.8 Å². The highest BCUT2D eigenvalue weighted by atomic mass is 16.5. The van der Waals surface area contributed by atoms with Gasteiger partial charge in [-0.3, -0.25) is 9.78 Å². The van der Waals surface area contributed by atoms with Gasteiger partial charge in [-0.1, -0.05) is 27.2 Å². The summed E-state index contributed by atoms with van der Waals surface area (Å²) in [5, 5.41) is 30.6. The van der Waals surface area contributed by atoms with Crippen molar-refractivity contribution in [2.75, 3.05) is 18.8 Å². The summed E-state index contributed by atoms with van der Waals surface area (Å²) in [7, 11) is -1.86. The number of nitrogens with zero attached hydrogens (tertiary/aromatic N) is 1. The molecule has 0 bridgehead atoms. The number of aromatic amines is 1. The lowest BCUT2D eigenvalue weighted by Crippen LogP contribution is -2.41. The van der Waals surface area contributed by atoms with Crippen molar-refractivity contribution in [2.45, 2.75) is 65.7 Å². The number of anilines is 1. The van der Waals surface area contributed by atoms with Gasteiger partial charge in [0.2, 0.25) is 0 Å². The molecule has 1 aromatic rings. The fourth-order valence-corrected chi connectivity index (χ4v) is 4.06. The molecule has 32 heavy (non-hydrogen) atoms. The van der Waals surface area contributed by atoms with E-state index in [2.05, 4.69) is 41.5 Å². The average molecular weight is 454 g/mol. The smallest absolute Gasteiger partial charge is 0.422 e. The topological polar surface area (TPSA) is 200 Å². The van der Waals surface area contributed by atoms with Crippen LogP contribution in [0.15, 0.2) is 4.79 Å². The molecule has 2 atom stereocenters.